The van der Waals surface area contributed by atoms with Gasteiger partial charge in [0.2, 0.25) is 0 Å². The van der Waals surface area contributed by atoms with Crippen molar-refractivity contribution < 1.29 is 4.74 Å². The molecule has 2 rings (SSSR count). The van der Waals surface area contributed by atoms with Crippen LogP contribution in [0.3, 0.4) is 0 Å². The average molecular weight is 299 g/mol. The number of ether oxygens (including phenoxy) is 1. The van der Waals surface area contributed by atoms with Crippen LogP contribution in [0.4, 0.5) is 0 Å². The summed E-state index contributed by atoms with van der Waals surface area (Å²) >= 11 is 1.55. The Balaban J connectivity index is 2.22. The number of benzene rings is 1. The molecule has 108 valence electrons. The molecule has 0 bridgehead atoms. The van der Waals surface area contributed by atoms with E-state index in [1.54, 1.807) is 24.9 Å². The van der Waals surface area contributed by atoms with Crippen molar-refractivity contribution in [2.45, 2.75) is 31.7 Å². The Bertz CT molecular complexity index is 684. The highest BCUT2D eigenvalue weighted by molar-refractivity contribution is 7.98. The lowest BCUT2D eigenvalue weighted by Crippen LogP contribution is -1.98. The van der Waals surface area contributed by atoms with E-state index in [9.17, 15) is 0 Å². The van der Waals surface area contributed by atoms with Crippen LogP contribution in [0.5, 0.6) is 5.75 Å². The minimum absolute atomic E-state index is 0.628. The van der Waals surface area contributed by atoms with Crippen LogP contribution in [0.1, 0.15) is 28.1 Å². The number of methoxy groups -OCH3 is 1. The summed E-state index contributed by atoms with van der Waals surface area (Å²) in [5.41, 5.74) is 4.73. The molecular weight excluding hydrogens is 282 g/mol. The smallest absolute Gasteiger partial charge is 0.188 e. The van der Waals surface area contributed by atoms with Crippen LogP contribution >= 0.6 is 11.8 Å². The molecule has 0 radical (unpaired) electrons. The van der Waals surface area contributed by atoms with Gasteiger partial charge in [-0.1, -0.05) is 11.8 Å². The number of thioether (sulfide) groups is 1. The number of hydrogen-bond acceptors (Lipinski definition) is 5. The summed E-state index contributed by atoms with van der Waals surface area (Å²) in [7, 11) is 1.63. The number of nitrogens with zero attached hydrogens (tertiary/aromatic N) is 3. The van der Waals surface area contributed by atoms with Crippen LogP contribution in [0.2, 0.25) is 0 Å². The normalized spacial score (nSPS) is 10.2. The lowest BCUT2D eigenvalue weighted by Gasteiger charge is -2.09. The van der Waals surface area contributed by atoms with Crippen LogP contribution < -0.4 is 4.74 Å². The molecule has 0 aliphatic heterocycles. The minimum atomic E-state index is 0.628. The number of hydrogen-bond donors (Lipinski definition) is 0. The molecule has 0 spiro atoms. The van der Waals surface area contributed by atoms with E-state index in [1.165, 1.54) is 0 Å². The molecule has 21 heavy (non-hydrogen) atoms. The zero-order valence-corrected chi connectivity index (χ0v) is 13.4. The third-order valence-electron chi connectivity index (χ3n) is 3.38. The number of aryl methyl sites for hydroxylation is 2. The van der Waals surface area contributed by atoms with Crippen molar-refractivity contribution in [3.05, 3.63) is 46.3 Å². The van der Waals surface area contributed by atoms with Crippen LogP contribution in [0, 0.1) is 32.1 Å². The highest BCUT2D eigenvalue weighted by atomic mass is 32.2. The summed E-state index contributed by atoms with van der Waals surface area (Å²) in [5, 5.41) is 9.74. The molecule has 0 N–H and O–H groups in total. The summed E-state index contributed by atoms with van der Waals surface area (Å²) in [6.45, 7) is 6.01. The van der Waals surface area contributed by atoms with Crippen molar-refractivity contribution in [2.75, 3.05) is 7.11 Å². The molecule has 0 saturated heterocycles. The Labute approximate surface area is 129 Å². The first-order valence-electron chi connectivity index (χ1n) is 6.56. The summed E-state index contributed by atoms with van der Waals surface area (Å²) in [4.78, 5) is 8.99. The molecule has 2 aromatic rings. The van der Waals surface area contributed by atoms with Crippen LogP contribution in [-0.2, 0) is 5.75 Å². The van der Waals surface area contributed by atoms with Crippen LogP contribution in [0.15, 0.2) is 23.4 Å². The van der Waals surface area contributed by atoms with Gasteiger partial charge in [-0.2, -0.15) is 5.26 Å². The van der Waals surface area contributed by atoms with Gasteiger partial charge in [0, 0.05) is 22.7 Å². The second-order valence-corrected chi connectivity index (χ2v) is 5.67. The summed E-state index contributed by atoms with van der Waals surface area (Å²) in [5.74, 6) is 1.45. The Kier molecular flexibility index (Phi) is 4.81. The second kappa shape index (κ2) is 6.59. The first-order chi connectivity index (χ1) is 10.0. The van der Waals surface area contributed by atoms with Gasteiger partial charge in [-0.25, -0.2) is 9.97 Å². The topological polar surface area (TPSA) is 58.8 Å². The van der Waals surface area contributed by atoms with Gasteiger partial charge in [0.05, 0.1) is 18.7 Å². The van der Waals surface area contributed by atoms with Gasteiger partial charge in [0.15, 0.2) is 5.16 Å². The fourth-order valence-electron chi connectivity index (χ4n) is 1.91. The molecule has 0 amide bonds. The van der Waals surface area contributed by atoms with E-state index in [0.29, 0.717) is 11.3 Å². The number of rotatable bonds is 4. The maximum absolute atomic E-state index is 8.99. The summed E-state index contributed by atoms with van der Waals surface area (Å²) in [6.07, 6.45) is 0. The van der Waals surface area contributed by atoms with Crippen molar-refractivity contribution >= 4 is 11.8 Å². The molecule has 0 fully saturated rings. The van der Waals surface area contributed by atoms with E-state index in [-0.39, 0.29) is 0 Å². The molecule has 0 unspecified atom stereocenters. The van der Waals surface area contributed by atoms with E-state index in [2.05, 4.69) is 16.0 Å². The largest absolute Gasteiger partial charge is 0.496 e. The number of aromatic nitrogens is 2. The lowest BCUT2D eigenvalue weighted by molar-refractivity contribution is 0.411. The quantitative estimate of drug-likeness (QED) is 0.638. The van der Waals surface area contributed by atoms with Crippen molar-refractivity contribution in [3.63, 3.8) is 0 Å². The van der Waals surface area contributed by atoms with Crippen molar-refractivity contribution in [1.29, 1.82) is 5.26 Å². The Hall–Kier alpha value is -2.06. The fourth-order valence-corrected chi connectivity index (χ4v) is 2.82. The molecule has 0 aliphatic rings. The Morgan fingerprint density at radius 2 is 1.86 bits per heavy atom. The molecule has 0 aliphatic carbocycles. The molecular formula is C16H17N3OS. The van der Waals surface area contributed by atoms with Gasteiger partial charge in [0.25, 0.3) is 0 Å². The summed E-state index contributed by atoms with van der Waals surface area (Å²) < 4.78 is 5.34. The monoisotopic (exact) mass is 299 g/mol. The fraction of sp³-hybridized carbons (Fsp3) is 0.312. The zero-order valence-electron chi connectivity index (χ0n) is 12.6. The van der Waals surface area contributed by atoms with Crippen molar-refractivity contribution in [1.82, 2.24) is 9.97 Å². The van der Waals surface area contributed by atoms with Gasteiger partial charge in [-0.05, 0) is 44.5 Å². The third-order valence-corrected chi connectivity index (χ3v) is 4.27. The molecule has 0 atom stereocenters. The van der Waals surface area contributed by atoms with Crippen LogP contribution in [0.25, 0.3) is 0 Å². The maximum Gasteiger partial charge on any atom is 0.188 e. The Morgan fingerprint density at radius 3 is 2.43 bits per heavy atom. The standard InChI is InChI=1S/C16H17N3OS/c1-10-11(2)18-16(19-12(10)3)21-9-14-7-13(8-17)5-6-15(14)20-4/h5-7H,9H2,1-4H3. The third kappa shape index (κ3) is 3.53. The second-order valence-electron chi connectivity index (χ2n) is 4.73. The van der Waals surface area contributed by atoms with E-state index < -0.39 is 0 Å². The van der Waals surface area contributed by atoms with E-state index >= 15 is 0 Å². The van der Waals surface area contributed by atoms with E-state index in [1.807, 2.05) is 32.9 Å². The molecule has 1 heterocycles. The maximum atomic E-state index is 8.99. The van der Waals surface area contributed by atoms with Gasteiger partial charge in [-0.3, -0.25) is 0 Å². The molecule has 0 saturated carbocycles. The van der Waals surface area contributed by atoms with Gasteiger partial charge < -0.3 is 4.74 Å². The number of nitriles is 1. The van der Waals surface area contributed by atoms with Gasteiger partial charge in [-0.15, -0.1) is 0 Å². The molecule has 5 heteroatoms. The first-order valence-corrected chi connectivity index (χ1v) is 7.55. The molecule has 1 aromatic carbocycles. The predicted octanol–water partition coefficient (Wildman–Crippen LogP) is 3.57. The minimum Gasteiger partial charge on any atom is -0.496 e. The summed E-state index contributed by atoms with van der Waals surface area (Å²) in [6, 6.07) is 7.57. The highest BCUT2D eigenvalue weighted by Gasteiger charge is 2.09. The average Bonchev–Trinajstić information content (AvgIpc) is 2.50. The van der Waals surface area contributed by atoms with E-state index in [0.717, 1.165) is 33.4 Å². The SMILES string of the molecule is COc1ccc(C#N)cc1CSc1nc(C)c(C)c(C)n1. The van der Waals surface area contributed by atoms with Gasteiger partial charge >= 0.3 is 0 Å². The van der Waals surface area contributed by atoms with Crippen molar-refractivity contribution in [2.24, 2.45) is 0 Å². The highest BCUT2D eigenvalue weighted by Crippen LogP contribution is 2.27. The first kappa shape index (κ1) is 15.3. The van der Waals surface area contributed by atoms with Gasteiger partial charge in [0.1, 0.15) is 5.75 Å². The van der Waals surface area contributed by atoms with Crippen molar-refractivity contribution in [3.8, 4) is 11.8 Å². The molecule has 4 nitrogen and oxygen atoms in total. The van der Waals surface area contributed by atoms with Crippen LogP contribution in [-0.4, -0.2) is 17.1 Å². The molecule has 1 aromatic heterocycles. The van der Waals surface area contributed by atoms with E-state index in [4.69, 9.17) is 10.00 Å². The Morgan fingerprint density at radius 1 is 1.19 bits per heavy atom. The lowest BCUT2D eigenvalue weighted by atomic mass is 10.1. The zero-order chi connectivity index (χ0) is 15.4. The predicted molar refractivity (Wildman–Crippen MR) is 83.5 cm³/mol.